The van der Waals surface area contributed by atoms with Gasteiger partial charge in [-0.05, 0) is 39.0 Å². The van der Waals surface area contributed by atoms with Gasteiger partial charge in [-0.3, -0.25) is 4.79 Å². The van der Waals surface area contributed by atoms with Gasteiger partial charge in [0.1, 0.15) is 11.1 Å². The van der Waals surface area contributed by atoms with Crippen LogP contribution in [0.5, 0.6) is 5.75 Å². The molecule has 0 fully saturated rings. The first-order valence-corrected chi connectivity index (χ1v) is 6.77. The van der Waals surface area contributed by atoms with Gasteiger partial charge in [0.15, 0.2) is 0 Å². The van der Waals surface area contributed by atoms with Crippen molar-refractivity contribution < 1.29 is 9.53 Å². The van der Waals surface area contributed by atoms with Gasteiger partial charge < -0.3 is 10.1 Å². The maximum atomic E-state index is 12.0. The molecular formula is C13H17BrClNO2. The van der Waals surface area contributed by atoms with Crippen molar-refractivity contribution in [2.45, 2.75) is 31.7 Å². The summed E-state index contributed by atoms with van der Waals surface area (Å²) >= 11 is 9.56. The van der Waals surface area contributed by atoms with Crippen LogP contribution in [0.1, 0.15) is 31.7 Å². The van der Waals surface area contributed by atoms with Crippen molar-refractivity contribution in [3.8, 4) is 5.75 Å². The molecule has 0 saturated heterocycles. The molecule has 18 heavy (non-hydrogen) atoms. The Morgan fingerprint density at radius 3 is 2.56 bits per heavy atom. The van der Waals surface area contributed by atoms with Gasteiger partial charge in [-0.2, -0.15) is 0 Å². The first-order chi connectivity index (χ1) is 8.24. The number of carbonyl (C=O) groups excluding carboxylic acids is 1. The number of ether oxygens (including phenoxy) is 1. The summed E-state index contributed by atoms with van der Waals surface area (Å²) in [5, 5.41) is 2.07. The standard InChI is InChI=1S/C13H17BrClNO2/c1-13(2,3)16-12(17)11(15)9-7-8(14)5-6-10(9)18-4/h5-7,11H,1-4H3,(H,16,17). The van der Waals surface area contributed by atoms with E-state index in [1.807, 2.05) is 26.8 Å². The van der Waals surface area contributed by atoms with E-state index in [2.05, 4.69) is 21.2 Å². The lowest BCUT2D eigenvalue weighted by Crippen LogP contribution is -2.42. The van der Waals surface area contributed by atoms with Crippen molar-refractivity contribution in [2.75, 3.05) is 7.11 Å². The average Bonchev–Trinajstić information content (AvgIpc) is 2.25. The molecule has 0 bridgehead atoms. The van der Waals surface area contributed by atoms with Gasteiger partial charge in [0, 0.05) is 15.6 Å². The van der Waals surface area contributed by atoms with E-state index in [4.69, 9.17) is 16.3 Å². The molecule has 1 aromatic rings. The highest BCUT2D eigenvalue weighted by Crippen LogP contribution is 2.32. The summed E-state index contributed by atoms with van der Waals surface area (Å²) < 4.78 is 6.07. The Morgan fingerprint density at radius 2 is 2.06 bits per heavy atom. The zero-order valence-electron chi connectivity index (χ0n) is 10.9. The fourth-order valence-corrected chi connectivity index (χ4v) is 2.08. The van der Waals surface area contributed by atoms with E-state index >= 15 is 0 Å². The van der Waals surface area contributed by atoms with Crippen molar-refractivity contribution in [3.05, 3.63) is 28.2 Å². The highest BCUT2D eigenvalue weighted by molar-refractivity contribution is 9.10. The predicted octanol–water partition coefficient (Wildman–Crippen LogP) is 3.65. The molecule has 0 spiro atoms. The predicted molar refractivity (Wildman–Crippen MR) is 77.2 cm³/mol. The molecule has 0 aromatic heterocycles. The van der Waals surface area contributed by atoms with Gasteiger partial charge in [-0.15, -0.1) is 11.6 Å². The molecule has 1 aromatic carbocycles. The second-order valence-corrected chi connectivity index (χ2v) is 6.34. The minimum atomic E-state index is -0.781. The van der Waals surface area contributed by atoms with Crippen LogP contribution in [-0.2, 0) is 4.79 Å². The monoisotopic (exact) mass is 333 g/mol. The van der Waals surface area contributed by atoms with Crippen LogP contribution in [0.4, 0.5) is 0 Å². The molecular weight excluding hydrogens is 318 g/mol. The smallest absolute Gasteiger partial charge is 0.243 e. The molecule has 1 amide bonds. The molecule has 0 aliphatic carbocycles. The lowest BCUT2D eigenvalue weighted by atomic mass is 10.1. The Labute approximate surface area is 121 Å². The molecule has 0 aliphatic rings. The molecule has 100 valence electrons. The molecule has 3 nitrogen and oxygen atoms in total. The van der Waals surface area contributed by atoms with Crippen LogP contribution in [0.2, 0.25) is 0 Å². The van der Waals surface area contributed by atoms with Crippen LogP contribution in [0, 0.1) is 0 Å². The second kappa shape index (κ2) is 5.93. The number of amides is 1. The molecule has 0 aliphatic heterocycles. The maximum absolute atomic E-state index is 12.0. The Hall–Kier alpha value is -0.740. The number of carbonyl (C=O) groups is 1. The van der Waals surface area contributed by atoms with Gasteiger partial charge >= 0.3 is 0 Å². The van der Waals surface area contributed by atoms with E-state index in [-0.39, 0.29) is 11.4 Å². The summed E-state index contributed by atoms with van der Waals surface area (Å²) in [6.07, 6.45) is 0. The van der Waals surface area contributed by atoms with E-state index < -0.39 is 5.38 Å². The SMILES string of the molecule is COc1ccc(Br)cc1C(Cl)C(=O)NC(C)(C)C. The zero-order valence-corrected chi connectivity index (χ0v) is 13.2. The molecule has 0 radical (unpaired) electrons. The van der Waals surface area contributed by atoms with Gasteiger partial charge in [0.05, 0.1) is 7.11 Å². The van der Waals surface area contributed by atoms with Crippen molar-refractivity contribution in [1.82, 2.24) is 5.32 Å². The Balaban J connectivity index is 2.99. The molecule has 5 heteroatoms. The third kappa shape index (κ3) is 4.18. The Morgan fingerprint density at radius 1 is 1.44 bits per heavy atom. The molecule has 1 unspecified atom stereocenters. The van der Waals surface area contributed by atoms with E-state index in [9.17, 15) is 4.79 Å². The minimum absolute atomic E-state index is 0.236. The normalized spacial score (nSPS) is 13.0. The van der Waals surface area contributed by atoms with Crippen LogP contribution in [0.25, 0.3) is 0 Å². The summed E-state index contributed by atoms with van der Waals surface area (Å²) in [4.78, 5) is 12.0. The Kier molecular flexibility index (Phi) is 5.05. The third-order valence-corrected chi connectivity index (χ3v) is 3.12. The largest absolute Gasteiger partial charge is 0.496 e. The maximum Gasteiger partial charge on any atom is 0.243 e. The molecule has 1 N–H and O–H groups in total. The number of methoxy groups -OCH3 is 1. The van der Waals surface area contributed by atoms with E-state index in [0.717, 1.165) is 4.47 Å². The lowest BCUT2D eigenvalue weighted by molar-refractivity contribution is -0.122. The average molecular weight is 335 g/mol. The molecule has 1 atom stereocenters. The first-order valence-electron chi connectivity index (χ1n) is 5.54. The van der Waals surface area contributed by atoms with Crippen LogP contribution in [0.15, 0.2) is 22.7 Å². The summed E-state index contributed by atoms with van der Waals surface area (Å²) in [6, 6.07) is 5.41. The lowest BCUT2D eigenvalue weighted by Gasteiger charge is -2.23. The third-order valence-electron chi connectivity index (χ3n) is 2.19. The van der Waals surface area contributed by atoms with Crippen molar-refractivity contribution in [2.24, 2.45) is 0 Å². The van der Waals surface area contributed by atoms with E-state index in [1.54, 1.807) is 19.2 Å². The summed E-state index contributed by atoms with van der Waals surface area (Å²) in [5.74, 6) is 0.364. The van der Waals surface area contributed by atoms with E-state index in [0.29, 0.717) is 11.3 Å². The van der Waals surface area contributed by atoms with Crippen LogP contribution in [0.3, 0.4) is 0 Å². The zero-order chi connectivity index (χ0) is 13.9. The van der Waals surface area contributed by atoms with Gasteiger partial charge in [0.25, 0.3) is 0 Å². The van der Waals surface area contributed by atoms with Gasteiger partial charge in [-0.1, -0.05) is 15.9 Å². The van der Waals surface area contributed by atoms with Crippen LogP contribution < -0.4 is 10.1 Å². The van der Waals surface area contributed by atoms with E-state index in [1.165, 1.54) is 0 Å². The van der Waals surface area contributed by atoms with Crippen molar-refractivity contribution >= 4 is 33.4 Å². The number of halogens is 2. The van der Waals surface area contributed by atoms with Crippen LogP contribution >= 0.6 is 27.5 Å². The number of alkyl halides is 1. The van der Waals surface area contributed by atoms with Crippen LogP contribution in [-0.4, -0.2) is 18.6 Å². The minimum Gasteiger partial charge on any atom is -0.496 e. The number of hydrogen-bond acceptors (Lipinski definition) is 2. The van der Waals surface area contributed by atoms with Crippen molar-refractivity contribution in [3.63, 3.8) is 0 Å². The van der Waals surface area contributed by atoms with Crippen molar-refractivity contribution in [1.29, 1.82) is 0 Å². The molecule has 1 rings (SSSR count). The fraction of sp³-hybridized carbons (Fsp3) is 0.462. The molecule has 0 heterocycles. The number of benzene rings is 1. The number of hydrogen-bond donors (Lipinski definition) is 1. The second-order valence-electron chi connectivity index (χ2n) is 4.99. The number of rotatable bonds is 3. The Bertz CT molecular complexity index is 443. The quantitative estimate of drug-likeness (QED) is 0.857. The fourth-order valence-electron chi connectivity index (χ4n) is 1.48. The topological polar surface area (TPSA) is 38.3 Å². The highest BCUT2D eigenvalue weighted by atomic mass is 79.9. The highest BCUT2D eigenvalue weighted by Gasteiger charge is 2.25. The van der Waals surface area contributed by atoms with Gasteiger partial charge in [0.2, 0.25) is 5.91 Å². The summed E-state index contributed by atoms with van der Waals surface area (Å²) in [7, 11) is 1.55. The first kappa shape index (κ1) is 15.3. The molecule has 0 saturated carbocycles. The van der Waals surface area contributed by atoms with Gasteiger partial charge in [-0.25, -0.2) is 0 Å². The summed E-state index contributed by atoms with van der Waals surface area (Å²) in [6.45, 7) is 5.73. The number of nitrogens with one attached hydrogen (secondary N) is 1. The summed E-state index contributed by atoms with van der Waals surface area (Å²) in [5.41, 5.74) is 0.332.